The van der Waals surface area contributed by atoms with Crippen LogP contribution < -0.4 is 4.74 Å². The van der Waals surface area contributed by atoms with E-state index in [-0.39, 0.29) is 0 Å². The third-order valence-corrected chi connectivity index (χ3v) is 5.04. The van der Waals surface area contributed by atoms with Crippen molar-refractivity contribution in [3.8, 4) is 5.75 Å². The average molecular weight is 297 g/mol. The quantitative estimate of drug-likeness (QED) is 0.814. The van der Waals surface area contributed by atoms with Crippen LogP contribution in [0.3, 0.4) is 0 Å². The molecule has 0 aromatic heterocycles. The summed E-state index contributed by atoms with van der Waals surface area (Å²) in [5.74, 6) is 2.05. The summed E-state index contributed by atoms with van der Waals surface area (Å²) < 4.78 is 5.27. The standard InChI is InChI=1S/C17H25ClO2/c1-12(2)13-5-4-9-17(19,10-8-13)14-6-7-15(18)16(11-14)20-3/h6-7,11-13,19H,4-5,8-10H2,1-3H3. The van der Waals surface area contributed by atoms with E-state index in [1.807, 2.05) is 18.2 Å². The van der Waals surface area contributed by atoms with E-state index < -0.39 is 5.60 Å². The molecule has 1 fully saturated rings. The van der Waals surface area contributed by atoms with E-state index in [0.29, 0.717) is 16.7 Å². The van der Waals surface area contributed by atoms with Gasteiger partial charge in [-0.1, -0.05) is 37.9 Å². The Bertz CT molecular complexity index is 458. The molecule has 0 bridgehead atoms. The number of halogens is 1. The van der Waals surface area contributed by atoms with Crippen LogP contribution in [0.15, 0.2) is 18.2 Å². The molecule has 0 spiro atoms. The van der Waals surface area contributed by atoms with Gasteiger partial charge in [-0.25, -0.2) is 0 Å². The zero-order chi connectivity index (χ0) is 14.8. The number of hydrogen-bond acceptors (Lipinski definition) is 2. The van der Waals surface area contributed by atoms with Gasteiger partial charge in [0.1, 0.15) is 5.75 Å². The number of methoxy groups -OCH3 is 1. The van der Waals surface area contributed by atoms with Gasteiger partial charge in [0.25, 0.3) is 0 Å². The van der Waals surface area contributed by atoms with E-state index >= 15 is 0 Å². The van der Waals surface area contributed by atoms with Gasteiger partial charge in [0.2, 0.25) is 0 Å². The van der Waals surface area contributed by atoms with E-state index in [1.54, 1.807) is 7.11 Å². The summed E-state index contributed by atoms with van der Waals surface area (Å²) in [5, 5.41) is 11.6. The molecule has 20 heavy (non-hydrogen) atoms. The van der Waals surface area contributed by atoms with Crippen LogP contribution in [0.2, 0.25) is 5.02 Å². The highest BCUT2D eigenvalue weighted by atomic mass is 35.5. The monoisotopic (exact) mass is 296 g/mol. The van der Waals surface area contributed by atoms with Gasteiger partial charge in [-0.2, -0.15) is 0 Å². The minimum absolute atomic E-state index is 0.591. The van der Waals surface area contributed by atoms with E-state index in [9.17, 15) is 5.11 Å². The minimum atomic E-state index is -0.735. The highest BCUT2D eigenvalue weighted by Gasteiger charge is 2.33. The maximum absolute atomic E-state index is 11.0. The third-order valence-electron chi connectivity index (χ3n) is 4.73. The number of hydrogen-bond donors (Lipinski definition) is 1. The lowest BCUT2D eigenvalue weighted by Crippen LogP contribution is -2.25. The molecule has 0 aliphatic heterocycles. The second kappa shape index (κ2) is 6.36. The summed E-state index contributed by atoms with van der Waals surface area (Å²) in [6, 6.07) is 5.64. The third kappa shape index (κ3) is 3.29. The summed E-state index contributed by atoms with van der Waals surface area (Å²) >= 11 is 6.07. The second-order valence-corrected chi connectivity index (χ2v) is 6.72. The molecule has 1 aliphatic carbocycles. The molecule has 1 aromatic rings. The smallest absolute Gasteiger partial charge is 0.137 e. The molecular formula is C17H25ClO2. The van der Waals surface area contributed by atoms with Gasteiger partial charge in [-0.05, 0) is 55.2 Å². The number of ether oxygens (including phenoxy) is 1. The molecule has 3 heteroatoms. The molecular weight excluding hydrogens is 272 g/mol. The van der Waals surface area contributed by atoms with Gasteiger partial charge < -0.3 is 9.84 Å². The van der Waals surface area contributed by atoms with Crippen LogP contribution >= 0.6 is 11.6 Å². The minimum Gasteiger partial charge on any atom is -0.495 e. The van der Waals surface area contributed by atoms with Crippen LogP contribution in [0.5, 0.6) is 5.75 Å². The number of rotatable bonds is 3. The van der Waals surface area contributed by atoms with Crippen molar-refractivity contribution in [2.75, 3.05) is 7.11 Å². The van der Waals surface area contributed by atoms with Crippen molar-refractivity contribution in [2.24, 2.45) is 11.8 Å². The predicted octanol–water partition coefficient (Wildman–Crippen LogP) is 4.77. The van der Waals surface area contributed by atoms with Gasteiger partial charge in [0, 0.05) is 0 Å². The second-order valence-electron chi connectivity index (χ2n) is 6.32. The highest BCUT2D eigenvalue weighted by molar-refractivity contribution is 6.32. The molecule has 1 N–H and O–H groups in total. The fourth-order valence-corrected chi connectivity index (χ4v) is 3.45. The van der Waals surface area contributed by atoms with Crippen LogP contribution in [0.25, 0.3) is 0 Å². The molecule has 2 rings (SSSR count). The van der Waals surface area contributed by atoms with Crippen molar-refractivity contribution < 1.29 is 9.84 Å². The maximum atomic E-state index is 11.0. The zero-order valence-electron chi connectivity index (χ0n) is 12.7. The molecule has 2 unspecified atom stereocenters. The Kier molecular flexibility index (Phi) is 4.98. The van der Waals surface area contributed by atoms with Crippen LogP contribution in [-0.4, -0.2) is 12.2 Å². The lowest BCUT2D eigenvalue weighted by molar-refractivity contribution is 0.0189. The Balaban J connectivity index is 2.22. The molecule has 0 amide bonds. The van der Waals surface area contributed by atoms with Crippen molar-refractivity contribution in [3.05, 3.63) is 28.8 Å². The van der Waals surface area contributed by atoms with Crippen LogP contribution in [-0.2, 0) is 5.60 Å². The van der Waals surface area contributed by atoms with Crippen molar-refractivity contribution in [2.45, 2.75) is 51.6 Å². The first-order valence-electron chi connectivity index (χ1n) is 7.52. The van der Waals surface area contributed by atoms with Gasteiger partial charge in [-0.3, -0.25) is 0 Å². The molecule has 112 valence electrons. The molecule has 1 aromatic carbocycles. The van der Waals surface area contributed by atoms with Gasteiger partial charge in [0.15, 0.2) is 0 Å². The SMILES string of the molecule is COc1cc(C2(O)CCCC(C(C)C)CC2)ccc1Cl. The lowest BCUT2D eigenvalue weighted by Gasteiger charge is -2.28. The van der Waals surface area contributed by atoms with Crippen LogP contribution in [0.1, 0.15) is 51.5 Å². The molecule has 1 saturated carbocycles. The molecule has 2 atom stereocenters. The summed E-state index contributed by atoms with van der Waals surface area (Å²) in [7, 11) is 1.61. The lowest BCUT2D eigenvalue weighted by atomic mass is 9.84. The van der Waals surface area contributed by atoms with Crippen molar-refractivity contribution in [3.63, 3.8) is 0 Å². The van der Waals surface area contributed by atoms with E-state index in [2.05, 4.69) is 13.8 Å². The largest absolute Gasteiger partial charge is 0.495 e. The Hall–Kier alpha value is -0.730. The van der Waals surface area contributed by atoms with Crippen molar-refractivity contribution >= 4 is 11.6 Å². The first-order valence-corrected chi connectivity index (χ1v) is 7.90. The van der Waals surface area contributed by atoms with Gasteiger partial charge >= 0.3 is 0 Å². The van der Waals surface area contributed by atoms with Gasteiger partial charge in [0.05, 0.1) is 17.7 Å². The Morgan fingerprint density at radius 2 is 2.05 bits per heavy atom. The van der Waals surface area contributed by atoms with Crippen LogP contribution in [0, 0.1) is 11.8 Å². The van der Waals surface area contributed by atoms with E-state index in [4.69, 9.17) is 16.3 Å². The number of benzene rings is 1. The molecule has 0 saturated heterocycles. The number of aliphatic hydroxyl groups is 1. The molecule has 0 heterocycles. The fourth-order valence-electron chi connectivity index (χ4n) is 3.25. The summed E-state index contributed by atoms with van der Waals surface area (Å²) in [4.78, 5) is 0. The predicted molar refractivity (Wildman–Crippen MR) is 83.3 cm³/mol. The Morgan fingerprint density at radius 3 is 2.70 bits per heavy atom. The van der Waals surface area contributed by atoms with Crippen molar-refractivity contribution in [1.29, 1.82) is 0 Å². The highest BCUT2D eigenvalue weighted by Crippen LogP contribution is 2.41. The molecule has 2 nitrogen and oxygen atoms in total. The Labute approximate surface area is 127 Å². The zero-order valence-corrected chi connectivity index (χ0v) is 13.4. The van der Waals surface area contributed by atoms with Gasteiger partial charge in [-0.15, -0.1) is 0 Å². The van der Waals surface area contributed by atoms with Crippen molar-refractivity contribution in [1.82, 2.24) is 0 Å². The Morgan fingerprint density at radius 1 is 1.30 bits per heavy atom. The van der Waals surface area contributed by atoms with E-state index in [1.165, 1.54) is 6.42 Å². The first kappa shape index (κ1) is 15.7. The molecule has 0 radical (unpaired) electrons. The molecule has 1 aliphatic rings. The topological polar surface area (TPSA) is 29.5 Å². The average Bonchev–Trinajstić information content (AvgIpc) is 2.62. The van der Waals surface area contributed by atoms with E-state index in [0.717, 1.165) is 37.2 Å². The summed E-state index contributed by atoms with van der Waals surface area (Å²) in [6.07, 6.45) is 5.01. The first-order chi connectivity index (χ1) is 9.46. The maximum Gasteiger partial charge on any atom is 0.137 e. The summed E-state index contributed by atoms with van der Waals surface area (Å²) in [5.41, 5.74) is 0.199. The van der Waals surface area contributed by atoms with Crippen LogP contribution in [0.4, 0.5) is 0 Å². The normalized spacial score (nSPS) is 27.4. The summed E-state index contributed by atoms with van der Waals surface area (Å²) in [6.45, 7) is 4.56. The fraction of sp³-hybridized carbons (Fsp3) is 0.647.